The molecule has 0 unspecified atom stereocenters. The smallest absolute Gasteiger partial charge is 0.138 e. The van der Waals surface area contributed by atoms with Crippen LogP contribution in [0.15, 0.2) is 36.5 Å². The lowest BCUT2D eigenvalue weighted by Gasteiger charge is -2.15. The van der Waals surface area contributed by atoms with Crippen LogP contribution in [0, 0.1) is 5.41 Å². The first-order valence-corrected chi connectivity index (χ1v) is 6.96. The molecular formula is C17H28O. The van der Waals surface area contributed by atoms with Crippen LogP contribution in [0.25, 0.3) is 0 Å². The minimum Gasteiger partial charge on any atom is -0.299 e. The molecule has 0 fully saturated rings. The molecule has 0 rings (SSSR count). The monoisotopic (exact) mass is 248 g/mol. The van der Waals surface area contributed by atoms with Crippen LogP contribution >= 0.6 is 0 Å². The van der Waals surface area contributed by atoms with Gasteiger partial charge in [-0.15, -0.1) is 0 Å². The first-order chi connectivity index (χ1) is 8.48. The van der Waals surface area contributed by atoms with Gasteiger partial charge in [0.2, 0.25) is 0 Å². The fourth-order valence-corrected chi connectivity index (χ4v) is 1.42. The lowest BCUT2D eigenvalue weighted by atomic mass is 9.88. The second-order valence-electron chi connectivity index (χ2n) is 5.51. The van der Waals surface area contributed by atoms with Crippen molar-refractivity contribution in [1.29, 1.82) is 0 Å². The summed E-state index contributed by atoms with van der Waals surface area (Å²) in [4.78, 5) is 11.6. The van der Waals surface area contributed by atoms with Crippen molar-refractivity contribution in [3.63, 3.8) is 0 Å². The maximum atomic E-state index is 11.6. The van der Waals surface area contributed by atoms with Gasteiger partial charge in [-0.2, -0.15) is 0 Å². The summed E-state index contributed by atoms with van der Waals surface area (Å²) in [5.74, 6) is 0.340. The van der Waals surface area contributed by atoms with E-state index < -0.39 is 0 Å². The van der Waals surface area contributed by atoms with E-state index in [1.807, 2.05) is 20.8 Å². The lowest BCUT2D eigenvalue weighted by molar-refractivity contribution is -0.126. The molecule has 0 amide bonds. The molecule has 0 saturated carbocycles. The second-order valence-corrected chi connectivity index (χ2v) is 5.51. The Labute approximate surface area is 113 Å². The summed E-state index contributed by atoms with van der Waals surface area (Å²) in [6, 6.07) is 0. The van der Waals surface area contributed by atoms with Gasteiger partial charge in [0.15, 0.2) is 0 Å². The normalized spacial score (nSPS) is 13.1. The maximum Gasteiger partial charge on any atom is 0.138 e. The molecule has 0 bridgehead atoms. The molecule has 0 aliphatic heterocycles. The van der Waals surface area contributed by atoms with Gasteiger partial charge in [0, 0.05) is 11.8 Å². The van der Waals surface area contributed by atoms with Gasteiger partial charge in [-0.3, -0.25) is 4.79 Å². The molecule has 0 aliphatic rings. The van der Waals surface area contributed by atoms with Gasteiger partial charge in [0.25, 0.3) is 0 Å². The Bertz CT molecular complexity index is 300. The van der Waals surface area contributed by atoms with Crippen LogP contribution in [0.5, 0.6) is 0 Å². The predicted molar refractivity (Wildman–Crippen MR) is 80.6 cm³/mol. The Kier molecular flexibility index (Phi) is 9.26. The number of carbonyl (C=O) groups is 1. The minimum atomic E-state index is -0.195. The molecule has 102 valence electrons. The van der Waals surface area contributed by atoms with Crippen molar-refractivity contribution < 1.29 is 4.79 Å². The molecule has 1 heteroatoms. The van der Waals surface area contributed by atoms with Crippen LogP contribution in [0.4, 0.5) is 0 Å². The zero-order chi connectivity index (χ0) is 13.9. The Hall–Kier alpha value is -1.11. The van der Waals surface area contributed by atoms with Gasteiger partial charge in [-0.25, -0.2) is 0 Å². The third-order valence-electron chi connectivity index (χ3n) is 2.65. The molecule has 1 nitrogen and oxygen atoms in total. The van der Waals surface area contributed by atoms with Crippen LogP contribution in [0.1, 0.15) is 59.8 Å². The number of carbonyl (C=O) groups excluding carboxylic acids is 1. The Morgan fingerprint density at radius 1 is 0.889 bits per heavy atom. The molecule has 0 heterocycles. The predicted octanol–water partition coefficient (Wildman–Crippen LogP) is 5.24. The van der Waals surface area contributed by atoms with Gasteiger partial charge < -0.3 is 0 Å². The van der Waals surface area contributed by atoms with Crippen LogP contribution in [-0.4, -0.2) is 5.78 Å². The van der Waals surface area contributed by atoms with Crippen LogP contribution in [0.2, 0.25) is 0 Å². The van der Waals surface area contributed by atoms with Crippen molar-refractivity contribution in [2.45, 2.75) is 59.8 Å². The molecule has 0 N–H and O–H groups in total. The lowest BCUT2D eigenvalue weighted by Crippen LogP contribution is -2.19. The highest BCUT2D eigenvalue weighted by Gasteiger charge is 2.19. The number of hydrogen-bond acceptors (Lipinski definition) is 1. The van der Waals surface area contributed by atoms with Gasteiger partial charge in [-0.05, 0) is 25.7 Å². The highest BCUT2D eigenvalue weighted by Crippen LogP contribution is 2.17. The summed E-state index contributed by atoms with van der Waals surface area (Å²) in [6.45, 7) is 8.07. The summed E-state index contributed by atoms with van der Waals surface area (Å²) >= 11 is 0. The van der Waals surface area contributed by atoms with Crippen molar-refractivity contribution in [1.82, 2.24) is 0 Å². The van der Waals surface area contributed by atoms with Crippen molar-refractivity contribution in [2.24, 2.45) is 5.41 Å². The average Bonchev–Trinajstić information content (AvgIpc) is 2.30. The molecular weight excluding hydrogens is 220 g/mol. The van der Waals surface area contributed by atoms with Crippen molar-refractivity contribution in [3.8, 4) is 0 Å². The van der Waals surface area contributed by atoms with Gasteiger partial charge in [-0.1, -0.05) is 64.2 Å². The molecule has 0 radical (unpaired) electrons. The average molecular weight is 248 g/mol. The fourth-order valence-electron chi connectivity index (χ4n) is 1.42. The first-order valence-electron chi connectivity index (χ1n) is 6.96. The molecule has 0 aliphatic carbocycles. The molecule has 0 aromatic heterocycles. The Morgan fingerprint density at radius 2 is 1.39 bits per heavy atom. The van der Waals surface area contributed by atoms with Crippen LogP contribution in [0.3, 0.4) is 0 Å². The zero-order valence-corrected chi connectivity index (χ0v) is 12.4. The van der Waals surface area contributed by atoms with E-state index in [9.17, 15) is 4.79 Å². The van der Waals surface area contributed by atoms with E-state index in [0.29, 0.717) is 12.2 Å². The third-order valence-corrected chi connectivity index (χ3v) is 2.65. The molecule has 18 heavy (non-hydrogen) atoms. The highest BCUT2D eigenvalue weighted by atomic mass is 16.1. The second kappa shape index (κ2) is 9.87. The number of rotatable bonds is 8. The van der Waals surface area contributed by atoms with Gasteiger partial charge in [0.05, 0.1) is 0 Å². The van der Waals surface area contributed by atoms with Gasteiger partial charge in [0.1, 0.15) is 5.78 Å². The number of allylic oxidation sites excluding steroid dienone is 6. The zero-order valence-electron chi connectivity index (χ0n) is 12.4. The van der Waals surface area contributed by atoms with Gasteiger partial charge >= 0.3 is 0 Å². The molecule has 0 spiro atoms. The molecule has 0 aromatic rings. The van der Waals surface area contributed by atoms with Crippen molar-refractivity contribution >= 4 is 5.78 Å². The fraction of sp³-hybridized carbons (Fsp3) is 0.588. The maximum absolute atomic E-state index is 11.6. The minimum absolute atomic E-state index is 0.195. The van der Waals surface area contributed by atoms with E-state index in [-0.39, 0.29) is 5.41 Å². The van der Waals surface area contributed by atoms with Crippen LogP contribution in [-0.2, 0) is 4.79 Å². The number of ketones is 1. The highest BCUT2D eigenvalue weighted by molar-refractivity contribution is 5.83. The van der Waals surface area contributed by atoms with Crippen molar-refractivity contribution in [3.05, 3.63) is 36.5 Å². The van der Waals surface area contributed by atoms with Crippen LogP contribution < -0.4 is 0 Å². The van der Waals surface area contributed by atoms with E-state index >= 15 is 0 Å². The van der Waals surface area contributed by atoms with Crippen molar-refractivity contribution in [2.75, 3.05) is 0 Å². The molecule has 0 atom stereocenters. The number of Topliss-reactive ketones (excluding diaryl/α,β-unsaturated/α-hetero) is 1. The Morgan fingerprint density at radius 3 is 1.89 bits per heavy atom. The SMILES string of the molecule is CC/C=C\C/C=C\C/C=C\CCC(=O)C(C)(C)C. The summed E-state index contributed by atoms with van der Waals surface area (Å²) in [5.41, 5.74) is -0.195. The van der Waals surface area contributed by atoms with E-state index in [4.69, 9.17) is 0 Å². The quantitative estimate of drug-likeness (QED) is 0.537. The third kappa shape index (κ3) is 10.1. The van der Waals surface area contributed by atoms with E-state index in [1.165, 1.54) is 0 Å². The Balaban J connectivity index is 3.61. The molecule has 0 aromatic carbocycles. The summed E-state index contributed by atoms with van der Waals surface area (Å²) in [5, 5.41) is 0. The topological polar surface area (TPSA) is 17.1 Å². The largest absolute Gasteiger partial charge is 0.299 e. The summed E-state index contributed by atoms with van der Waals surface area (Å²) in [6.07, 6.45) is 17.6. The first kappa shape index (κ1) is 16.9. The summed E-state index contributed by atoms with van der Waals surface area (Å²) < 4.78 is 0. The van der Waals surface area contributed by atoms with E-state index in [0.717, 1.165) is 25.7 Å². The van der Waals surface area contributed by atoms with E-state index in [2.05, 4.69) is 43.4 Å². The molecule has 0 saturated heterocycles. The standard InChI is InChI=1S/C17H28O/c1-5-6-7-8-9-10-11-12-13-14-15-16(18)17(2,3)4/h6-7,9-10,12-13H,5,8,11,14-15H2,1-4H3/b7-6-,10-9-,13-12-. The summed E-state index contributed by atoms with van der Waals surface area (Å²) in [7, 11) is 0. The number of hydrogen-bond donors (Lipinski definition) is 0. The van der Waals surface area contributed by atoms with E-state index in [1.54, 1.807) is 0 Å².